The lowest BCUT2D eigenvalue weighted by molar-refractivity contribution is -0.114. The topological polar surface area (TPSA) is 92.2 Å². The molecule has 8 heteroatoms. The van der Waals surface area contributed by atoms with Crippen LogP contribution in [-0.4, -0.2) is 29.5 Å². The fourth-order valence-electron chi connectivity index (χ4n) is 3.53. The SMILES string of the molecule is CC(=O)Nc1ccc(C)cc1NC(=O)c1c(C)ccn(C2CCNCC2)c1=O.Cl. The Kier molecular flexibility index (Phi) is 7.59. The third-order valence-corrected chi connectivity index (χ3v) is 4.99. The van der Waals surface area contributed by atoms with Crippen molar-refractivity contribution in [2.75, 3.05) is 23.7 Å². The second-order valence-corrected chi connectivity index (χ2v) is 7.25. The Labute approximate surface area is 176 Å². The molecule has 0 bridgehead atoms. The first-order chi connectivity index (χ1) is 13.4. The maximum absolute atomic E-state index is 13.1. The van der Waals surface area contributed by atoms with Crippen LogP contribution in [0.4, 0.5) is 11.4 Å². The second-order valence-electron chi connectivity index (χ2n) is 7.25. The Hall–Kier alpha value is -2.64. The van der Waals surface area contributed by atoms with Gasteiger partial charge in [0.1, 0.15) is 5.56 Å². The largest absolute Gasteiger partial charge is 0.325 e. The lowest BCUT2D eigenvalue weighted by atomic mass is 10.0. The molecule has 156 valence electrons. The Morgan fingerprint density at radius 3 is 2.41 bits per heavy atom. The van der Waals surface area contributed by atoms with Gasteiger partial charge in [-0.1, -0.05) is 6.07 Å². The Morgan fingerprint density at radius 2 is 1.76 bits per heavy atom. The molecule has 1 aromatic carbocycles. The summed E-state index contributed by atoms with van der Waals surface area (Å²) in [6.45, 7) is 6.77. The Balaban J connectivity index is 0.00000300. The van der Waals surface area contributed by atoms with Gasteiger partial charge in [-0.05, 0) is 69.1 Å². The van der Waals surface area contributed by atoms with E-state index in [0.29, 0.717) is 16.9 Å². The average molecular weight is 419 g/mol. The van der Waals surface area contributed by atoms with Gasteiger partial charge in [-0.2, -0.15) is 0 Å². The molecular formula is C21H27ClN4O3. The van der Waals surface area contributed by atoms with E-state index in [2.05, 4.69) is 16.0 Å². The van der Waals surface area contributed by atoms with Crippen molar-refractivity contribution in [3.63, 3.8) is 0 Å². The fraction of sp³-hybridized carbons (Fsp3) is 0.381. The number of aromatic nitrogens is 1. The summed E-state index contributed by atoms with van der Waals surface area (Å²) in [7, 11) is 0. The van der Waals surface area contributed by atoms with Crippen LogP contribution in [0.25, 0.3) is 0 Å². The van der Waals surface area contributed by atoms with Crippen molar-refractivity contribution in [3.8, 4) is 0 Å². The molecule has 0 atom stereocenters. The Bertz CT molecular complexity index is 965. The number of carbonyl (C=O) groups is 2. The molecule has 2 aromatic rings. The van der Waals surface area contributed by atoms with E-state index >= 15 is 0 Å². The van der Waals surface area contributed by atoms with E-state index in [1.165, 1.54) is 6.92 Å². The van der Waals surface area contributed by atoms with Crippen molar-refractivity contribution < 1.29 is 9.59 Å². The molecule has 3 rings (SSSR count). The molecule has 0 radical (unpaired) electrons. The molecule has 29 heavy (non-hydrogen) atoms. The Morgan fingerprint density at radius 1 is 1.07 bits per heavy atom. The highest BCUT2D eigenvalue weighted by Gasteiger charge is 2.22. The van der Waals surface area contributed by atoms with Crippen molar-refractivity contribution in [1.82, 2.24) is 9.88 Å². The third-order valence-electron chi connectivity index (χ3n) is 4.99. The van der Waals surface area contributed by atoms with Gasteiger partial charge in [0.15, 0.2) is 0 Å². The van der Waals surface area contributed by atoms with E-state index in [0.717, 1.165) is 31.5 Å². The number of benzene rings is 1. The van der Waals surface area contributed by atoms with Gasteiger partial charge < -0.3 is 20.5 Å². The van der Waals surface area contributed by atoms with E-state index < -0.39 is 5.91 Å². The van der Waals surface area contributed by atoms with Crippen molar-refractivity contribution in [3.05, 3.63) is 57.5 Å². The van der Waals surface area contributed by atoms with Crippen LogP contribution >= 0.6 is 12.4 Å². The minimum Gasteiger partial charge on any atom is -0.325 e. The van der Waals surface area contributed by atoms with E-state index in [1.807, 2.05) is 19.1 Å². The van der Waals surface area contributed by atoms with Gasteiger partial charge in [-0.15, -0.1) is 12.4 Å². The van der Waals surface area contributed by atoms with Crippen LogP contribution in [0.5, 0.6) is 0 Å². The lowest BCUT2D eigenvalue weighted by Crippen LogP contribution is -2.37. The van der Waals surface area contributed by atoms with Crippen molar-refractivity contribution >= 4 is 35.6 Å². The van der Waals surface area contributed by atoms with Gasteiger partial charge in [0.05, 0.1) is 11.4 Å². The first kappa shape index (κ1) is 22.6. The summed E-state index contributed by atoms with van der Waals surface area (Å²) in [5.74, 6) is -0.702. The van der Waals surface area contributed by atoms with Crippen LogP contribution in [-0.2, 0) is 4.79 Å². The van der Waals surface area contributed by atoms with Crippen LogP contribution in [0.2, 0.25) is 0 Å². The van der Waals surface area contributed by atoms with Gasteiger partial charge in [-0.3, -0.25) is 14.4 Å². The zero-order valence-electron chi connectivity index (χ0n) is 16.9. The number of anilines is 2. The van der Waals surface area contributed by atoms with Gasteiger partial charge >= 0.3 is 0 Å². The van der Waals surface area contributed by atoms with E-state index in [-0.39, 0.29) is 35.5 Å². The highest BCUT2D eigenvalue weighted by atomic mass is 35.5. The molecule has 1 aromatic heterocycles. The summed E-state index contributed by atoms with van der Waals surface area (Å²) in [5.41, 5.74) is 2.38. The van der Waals surface area contributed by atoms with Gasteiger partial charge in [-0.25, -0.2) is 0 Å². The smallest absolute Gasteiger partial charge is 0.263 e. The summed E-state index contributed by atoms with van der Waals surface area (Å²) in [6, 6.07) is 7.25. The van der Waals surface area contributed by atoms with Gasteiger partial charge in [0.25, 0.3) is 11.5 Å². The molecular weight excluding hydrogens is 392 g/mol. The van der Waals surface area contributed by atoms with Crippen LogP contribution in [0.15, 0.2) is 35.3 Å². The zero-order valence-corrected chi connectivity index (χ0v) is 17.7. The standard InChI is InChI=1S/C21H26N4O3.ClH/c1-13-4-5-17(23-15(3)26)18(12-13)24-20(27)19-14(2)8-11-25(21(19)28)16-6-9-22-10-7-16;/h4-5,8,11-12,16,22H,6-7,9-10H2,1-3H3,(H,23,26)(H,24,27);1H. The molecule has 1 aliphatic heterocycles. The van der Waals surface area contributed by atoms with Crippen molar-refractivity contribution in [2.45, 2.75) is 39.7 Å². The van der Waals surface area contributed by atoms with Crippen LogP contribution < -0.4 is 21.5 Å². The second kappa shape index (κ2) is 9.71. The fourth-order valence-corrected chi connectivity index (χ4v) is 3.53. The number of carbonyl (C=O) groups excluding carboxylic acids is 2. The number of piperidine rings is 1. The van der Waals surface area contributed by atoms with Gasteiger partial charge in [0, 0.05) is 19.2 Å². The maximum atomic E-state index is 13.1. The number of hydrogen-bond acceptors (Lipinski definition) is 4. The maximum Gasteiger partial charge on any atom is 0.263 e. The molecule has 2 amide bonds. The summed E-state index contributed by atoms with van der Waals surface area (Å²) in [5, 5.41) is 8.79. The number of hydrogen-bond donors (Lipinski definition) is 3. The van der Waals surface area contributed by atoms with Crippen LogP contribution in [0.1, 0.15) is 47.3 Å². The zero-order chi connectivity index (χ0) is 20.3. The molecule has 1 saturated heterocycles. The number of nitrogens with one attached hydrogen (secondary N) is 3. The minimum absolute atomic E-state index is 0. The quantitative estimate of drug-likeness (QED) is 0.711. The van der Waals surface area contributed by atoms with E-state index in [9.17, 15) is 14.4 Å². The predicted octanol–water partition coefficient (Wildman–Crippen LogP) is 3.02. The lowest BCUT2D eigenvalue weighted by Gasteiger charge is -2.25. The molecule has 7 nitrogen and oxygen atoms in total. The molecule has 3 N–H and O–H groups in total. The number of aryl methyl sites for hydroxylation is 2. The summed E-state index contributed by atoms with van der Waals surface area (Å²) in [4.78, 5) is 37.5. The number of nitrogens with zero attached hydrogens (tertiary/aromatic N) is 1. The predicted molar refractivity (Wildman–Crippen MR) is 117 cm³/mol. The van der Waals surface area contributed by atoms with E-state index in [4.69, 9.17) is 0 Å². The van der Waals surface area contributed by atoms with Crippen molar-refractivity contribution in [1.29, 1.82) is 0 Å². The number of pyridine rings is 1. The molecule has 0 saturated carbocycles. The third kappa shape index (κ3) is 5.25. The molecule has 0 spiro atoms. The highest BCUT2D eigenvalue weighted by Crippen LogP contribution is 2.24. The van der Waals surface area contributed by atoms with Crippen LogP contribution in [0.3, 0.4) is 0 Å². The monoisotopic (exact) mass is 418 g/mol. The number of amides is 2. The average Bonchev–Trinajstić information content (AvgIpc) is 2.64. The molecule has 0 aliphatic carbocycles. The molecule has 2 heterocycles. The highest BCUT2D eigenvalue weighted by molar-refractivity contribution is 6.07. The first-order valence-corrected chi connectivity index (χ1v) is 9.49. The molecule has 0 unspecified atom stereocenters. The molecule has 1 aliphatic rings. The summed E-state index contributed by atoms with van der Waals surface area (Å²) >= 11 is 0. The normalized spacial score (nSPS) is 14.0. The van der Waals surface area contributed by atoms with Crippen LogP contribution in [0, 0.1) is 13.8 Å². The summed E-state index contributed by atoms with van der Waals surface area (Å²) in [6.07, 6.45) is 3.49. The number of rotatable bonds is 4. The first-order valence-electron chi connectivity index (χ1n) is 9.49. The minimum atomic E-state index is -0.469. The van der Waals surface area contributed by atoms with Crippen molar-refractivity contribution in [2.24, 2.45) is 0 Å². The summed E-state index contributed by atoms with van der Waals surface area (Å²) < 4.78 is 1.67. The number of halogens is 1. The van der Waals surface area contributed by atoms with Gasteiger partial charge in [0.2, 0.25) is 5.91 Å². The van der Waals surface area contributed by atoms with E-state index in [1.54, 1.807) is 29.8 Å². The molecule has 1 fully saturated rings.